The summed E-state index contributed by atoms with van der Waals surface area (Å²) in [4.78, 5) is 32.2. The zero-order valence-corrected chi connectivity index (χ0v) is 17.7. The van der Waals surface area contributed by atoms with Crippen molar-refractivity contribution in [2.75, 3.05) is 0 Å². The summed E-state index contributed by atoms with van der Waals surface area (Å²) in [5, 5.41) is 5.84. The molecule has 0 saturated carbocycles. The van der Waals surface area contributed by atoms with Crippen LogP contribution in [0.15, 0.2) is 79.1 Å². The number of carbonyl (C=O) groups is 2. The highest BCUT2D eigenvalue weighted by atomic mass is 16.2. The van der Waals surface area contributed by atoms with Gasteiger partial charge in [0.1, 0.15) is 0 Å². The molecule has 5 N–H and O–H groups in total. The van der Waals surface area contributed by atoms with Gasteiger partial charge in [0, 0.05) is 0 Å². The minimum absolute atomic E-state index is 0.0590. The highest BCUT2D eigenvalue weighted by molar-refractivity contribution is 5.80. The molecule has 162 valence electrons. The monoisotopic (exact) mass is 427 g/mol. The van der Waals surface area contributed by atoms with E-state index in [1.807, 2.05) is 79.7 Å². The molecule has 4 aromatic rings. The zero-order chi connectivity index (χ0) is 22.5. The van der Waals surface area contributed by atoms with Gasteiger partial charge in [0.15, 0.2) is 0 Å². The Morgan fingerprint density at radius 2 is 1.72 bits per heavy atom. The number of H-pyrrole nitrogens is 1. The Kier molecular flexibility index (Phi) is 6.17. The van der Waals surface area contributed by atoms with E-state index in [0.717, 1.165) is 33.3 Å². The lowest BCUT2D eigenvalue weighted by atomic mass is 9.96. The van der Waals surface area contributed by atoms with E-state index in [2.05, 4.69) is 20.6 Å². The number of benzene rings is 3. The first-order valence-corrected chi connectivity index (χ1v) is 10.4. The third-order valence-corrected chi connectivity index (χ3v) is 5.49. The molecule has 32 heavy (non-hydrogen) atoms. The molecule has 0 saturated heterocycles. The van der Waals surface area contributed by atoms with Crippen LogP contribution in [-0.2, 0) is 4.79 Å². The number of aromatic nitrogens is 2. The maximum atomic E-state index is 13.2. The van der Waals surface area contributed by atoms with Crippen molar-refractivity contribution in [3.05, 3.63) is 101 Å². The summed E-state index contributed by atoms with van der Waals surface area (Å²) >= 11 is 0. The van der Waals surface area contributed by atoms with Crippen LogP contribution in [0.1, 0.15) is 40.8 Å². The van der Waals surface area contributed by atoms with E-state index in [0.29, 0.717) is 0 Å². The maximum Gasteiger partial charge on any atom is 0.312 e. The first-order chi connectivity index (χ1) is 15.5. The summed E-state index contributed by atoms with van der Waals surface area (Å²) in [6.45, 7) is 1.94. The van der Waals surface area contributed by atoms with Gasteiger partial charge < -0.3 is 21.4 Å². The molecule has 0 fully saturated rings. The molecule has 2 unspecified atom stereocenters. The van der Waals surface area contributed by atoms with Gasteiger partial charge in [0.25, 0.3) is 0 Å². The molecule has 3 aromatic carbocycles. The number of urea groups is 1. The van der Waals surface area contributed by atoms with Gasteiger partial charge >= 0.3 is 6.03 Å². The summed E-state index contributed by atoms with van der Waals surface area (Å²) in [6.07, 6.45) is 1.70. The number of fused-ring (bicyclic) bond motifs is 1. The topological polar surface area (TPSA) is 113 Å². The molecule has 0 radical (unpaired) electrons. The van der Waals surface area contributed by atoms with Crippen LogP contribution in [0, 0.1) is 6.92 Å². The second kappa shape index (κ2) is 9.34. The van der Waals surface area contributed by atoms with Crippen molar-refractivity contribution >= 4 is 23.0 Å². The molecule has 0 aliphatic rings. The number of hydrogen-bond acceptors (Lipinski definition) is 3. The lowest BCUT2D eigenvalue weighted by molar-refractivity contribution is -0.122. The van der Waals surface area contributed by atoms with Crippen molar-refractivity contribution in [1.82, 2.24) is 20.6 Å². The maximum absolute atomic E-state index is 13.2. The average molecular weight is 428 g/mol. The number of aryl methyl sites for hydroxylation is 1. The summed E-state index contributed by atoms with van der Waals surface area (Å²) in [5.41, 5.74) is 10.9. The first-order valence-electron chi connectivity index (χ1n) is 10.4. The Morgan fingerprint density at radius 1 is 0.969 bits per heavy atom. The van der Waals surface area contributed by atoms with Crippen LogP contribution < -0.4 is 16.4 Å². The molecule has 7 heteroatoms. The van der Waals surface area contributed by atoms with Crippen molar-refractivity contribution in [3.63, 3.8) is 0 Å². The van der Waals surface area contributed by atoms with E-state index < -0.39 is 12.1 Å². The molecule has 0 aliphatic heterocycles. The second-order valence-electron chi connectivity index (χ2n) is 7.71. The van der Waals surface area contributed by atoms with Crippen LogP contribution in [0.5, 0.6) is 0 Å². The van der Waals surface area contributed by atoms with Gasteiger partial charge in [-0.05, 0) is 41.3 Å². The number of nitrogens with zero attached hydrogens (tertiary/aromatic N) is 1. The molecule has 0 bridgehead atoms. The van der Waals surface area contributed by atoms with Crippen LogP contribution in [-0.4, -0.2) is 21.9 Å². The van der Waals surface area contributed by atoms with Gasteiger partial charge in [0.2, 0.25) is 5.91 Å². The third-order valence-electron chi connectivity index (χ3n) is 5.49. The lowest BCUT2D eigenvalue weighted by Crippen LogP contribution is -2.38. The number of hydrogen-bond donors (Lipinski definition) is 4. The molecule has 1 heterocycles. The Hall–Kier alpha value is -4.13. The molecule has 2 atom stereocenters. The standard InChI is InChI=1S/C25H25N5O2/c1-16-7-5-6-10-19(16)21(29-25(26)32)14-23(31)30-24(17-8-3-2-4-9-17)18-11-12-20-22(13-18)28-15-27-20/h2-13,15,21,24H,14H2,1H3,(H,27,28)(H,30,31)(H3,26,29,32). The zero-order valence-electron chi connectivity index (χ0n) is 17.7. The molecule has 4 rings (SSSR count). The van der Waals surface area contributed by atoms with E-state index >= 15 is 0 Å². The Labute approximate surface area is 186 Å². The summed E-state index contributed by atoms with van der Waals surface area (Å²) in [6, 6.07) is 21.7. The number of carbonyl (C=O) groups excluding carboxylic acids is 2. The quantitative estimate of drug-likeness (QED) is 0.359. The van der Waals surface area contributed by atoms with Gasteiger partial charge in [-0.25, -0.2) is 9.78 Å². The molecular formula is C25H25N5O2. The fraction of sp³-hybridized carbons (Fsp3) is 0.160. The van der Waals surface area contributed by atoms with Crippen LogP contribution in [0.2, 0.25) is 0 Å². The summed E-state index contributed by atoms with van der Waals surface area (Å²) < 4.78 is 0. The number of aromatic amines is 1. The molecule has 1 aromatic heterocycles. The van der Waals surface area contributed by atoms with Gasteiger partial charge in [0.05, 0.1) is 35.9 Å². The predicted molar refractivity (Wildman–Crippen MR) is 124 cm³/mol. The van der Waals surface area contributed by atoms with Gasteiger partial charge in [-0.15, -0.1) is 0 Å². The lowest BCUT2D eigenvalue weighted by Gasteiger charge is -2.23. The van der Waals surface area contributed by atoms with Crippen molar-refractivity contribution < 1.29 is 9.59 Å². The number of amides is 3. The fourth-order valence-corrected chi connectivity index (χ4v) is 3.93. The summed E-state index contributed by atoms with van der Waals surface area (Å²) in [5.74, 6) is -0.203. The van der Waals surface area contributed by atoms with Gasteiger partial charge in [-0.1, -0.05) is 60.7 Å². The van der Waals surface area contributed by atoms with Crippen LogP contribution in [0.25, 0.3) is 11.0 Å². The molecule has 3 amide bonds. The fourth-order valence-electron chi connectivity index (χ4n) is 3.93. The van der Waals surface area contributed by atoms with E-state index in [1.54, 1.807) is 6.33 Å². The van der Waals surface area contributed by atoms with E-state index in [4.69, 9.17) is 5.73 Å². The van der Waals surface area contributed by atoms with Gasteiger partial charge in [-0.3, -0.25) is 4.79 Å². The van der Waals surface area contributed by atoms with Crippen LogP contribution >= 0.6 is 0 Å². The SMILES string of the molecule is Cc1ccccc1C(CC(=O)NC(c1ccccc1)c1ccc2nc[nH]c2c1)NC(N)=O. The molecular weight excluding hydrogens is 402 g/mol. The van der Waals surface area contributed by atoms with Gasteiger partial charge in [-0.2, -0.15) is 0 Å². The Morgan fingerprint density at radius 3 is 2.47 bits per heavy atom. The number of nitrogens with two attached hydrogens (primary N) is 1. The van der Waals surface area contributed by atoms with E-state index in [1.165, 1.54) is 0 Å². The van der Waals surface area contributed by atoms with Crippen LogP contribution in [0.3, 0.4) is 0 Å². The number of primary amides is 1. The first kappa shape index (κ1) is 21.1. The van der Waals surface area contributed by atoms with Crippen LogP contribution in [0.4, 0.5) is 4.79 Å². The van der Waals surface area contributed by atoms with E-state index in [9.17, 15) is 9.59 Å². The van der Waals surface area contributed by atoms with Crippen molar-refractivity contribution in [1.29, 1.82) is 0 Å². The number of nitrogens with one attached hydrogen (secondary N) is 3. The summed E-state index contributed by atoms with van der Waals surface area (Å²) in [7, 11) is 0. The average Bonchev–Trinajstić information content (AvgIpc) is 3.25. The van der Waals surface area contributed by atoms with E-state index in [-0.39, 0.29) is 18.4 Å². The highest BCUT2D eigenvalue weighted by Crippen LogP contribution is 2.26. The third kappa shape index (κ3) is 4.78. The van der Waals surface area contributed by atoms with Crippen molar-refractivity contribution in [2.24, 2.45) is 5.73 Å². The highest BCUT2D eigenvalue weighted by Gasteiger charge is 2.23. The Balaban J connectivity index is 1.61. The number of rotatable bonds is 7. The minimum atomic E-state index is -0.671. The number of imidazole rings is 1. The second-order valence-corrected chi connectivity index (χ2v) is 7.71. The molecule has 0 aliphatic carbocycles. The van der Waals surface area contributed by atoms with Crippen molar-refractivity contribution in [3.8, 4) is 0 Å². The normalized spacial score (nSPS) is 12.8. The molecule has 7 nitrogen and oxygen atoms in total. The van der Waals surface area contributed by atoms with Crippen molar-refractivity contribution in [2.45, 2.75) is 25.4 Å². The largest absolute Gasteiger partial charge is 0.352 e. The minimum Gasteiger partial charge on any atom is -0.352 e. The predicted octanol–water partition coefficient (Wildman–Crippen LogP) is 3.88. The molecule has 0 spiro atoms. The smallest absolute Gasteiger partial charge is 0.312 e. The Bertz CT molecular complexity index is 1240.